The van der Waals surface area contributed by atoms with Gasteiger partial charge in [-0.3, -0.25) is 5.84 Å². The highest BCUT2D eigenvalue weighted by Gasteiger charge is 1.93. The third kappa shape index (κ3) is 5.76. The Balaban J connectivity index is 2.95. The van der Waals surface area contributed by atoms with Crippen LogP contribution in [0.5, 0.6) is 0 Å². The fourth-order valence-electron chi connectivity index (χ4n) is 0.601. The zero-order valence-corrected chi connectivity index (χ0v) is 6.01. The van der Waals surface area contributed by atoms with Crippen LogP contribution in [0.2, 0.25) is 0 Å². The van der Waals surface area contributed by atoms with Crippen molar-refractivity contribution < 1.29 is 5.11 Å². The van der Waals surface area contributed by atoms with Crippen molar-refractivity contribution in [2.24, 2.45) is 5.84 Å². The van der Waals surface area contributed by atoms with E-state index in [0.29, 0.717) is 6.54 Å². The second-order valence-electron chi connectivity index (χ2n) is 2.11. The summed E-state index contributed by atoms with van der Waals surface area (Å²) in [4.78, 5) is 0. The second-order valence-corrected chi connectivity index (χ2v) is 2.11. The van der Waals surface area contributed by atoms with Crippen LogP contribution in [0.1, 0.15) is 19.8 Å². The van der Waals surface area contributed by atoms with Gasteiger partial charge in [0.25, 0.3) is 0 Å². The number of unbranched alkanes of at least 4 members (excludes halogenated alkanes) is 1. The number of nitrogens with zero attached hydrogens (tertiary/aromatic N) is 1. The van der Waals surface area contributed by atoms with E-state index in [2.05, 4.69) is 6.92 Å². The van der Waals surface area contributed by atoms with Crippen LogP contribution < -0.4 is 5.84 Å². The Hall–Kier alpha value is -0.120. The van der Waals surface area contributed by atoms with Gasteiger partial charge in [0.1, 0.15) is 0 Å². The molecule has 0 aromatic carbocycles. The largest absolute Gasteiger partial charge is 0.395 e. The average molecular weight is 132 g/mol. The molecule has 0 radical (unpaired) electrons. The predicted octanol–water partition coefficient (Wildman–Crippen LogP) is -0.0455. The maximum absolute atomic E-state index is 8.41. The molecule has 0 atom stereocenters. The summed E-state index contributed by atoms with van der Waals surface area (Å²) < 4.78 is 0. The van der Waals surface area contributed by atoms with Crippen LogP contribution in [-0.4, -0.2) is 29.8 Å². The summed E-state index contributed by atoms with van der Waals surface area (Å²) in [6, 6.07) is 0. The minimum absolute atomic E-state index is 0.153. The Bertz CT molecular complexity index is 59.0. The van der Waals surface area contributed by atoms with E-state index in [1.807, 2.05) is 0 Å². The third-order valence-electron chi connectivity index (χ3n) is 1.19. The van der Waals surface area contributed by atoms with Crippen molar-refractivity contribution >= 4 is 0 Å². The number of hydrogen-bond donors (Lipinski definition) is 2. The lowest BCUT2D eigenvalue weighted by Gasteiger charge is -2.12. The van der Waals surface area contributed by atoms with Gasteiger partial charge in [0.15, 0.2) is 0 Å². The van der Waals surface area contributed by atoms with Crippen LogP contribution >= 0.6 is 0 Å². The molecule has 0 aliphatic rings. The highest BCUT2D eigenvalue weighted by Crippen LogP contribution is 1.87. The number of aliphatic hydroxyl groups excluding tert-OH is 1. The van der Waals surface area contributed by atoms with Gasteiger partial charge in [0.05, 0.1) is 6.61 Å². The Morgan fingerprint density at radius 1 is 1.44 bits per heavy atom. The molecule has 0 rings (SSSR count). The van der Waals surface area contributed by atoms with Crippen LogP contribution in [-0.2, 0) is 0 Å². The number of rotatable bonds is 5. The number of nitrogens with two attached hydrogens (primary N) is 1. The van der Waals surface area contributed by atoms with Gasteiger partial charge in [-0.05, 0) is 6.42 Å². The first kappa shape index (κ1) is 8.88. The maximum atomic E-state index is 8.41. The van der Waals surface area contributed by atoms with Gasteiger partial charge in [-0.2, -0.15) is 0 Å². The molecule has 0 aliphatic heterocycles. The predicted molar refractivity (Wildman–Crippen MR) is 37.8 cm³/mol. The third-order valence-corrected chi connectivity index (χ3v) is 1.19. The highest BCUT2D eigenvalue weighted by atomic mass is 16.3. The molecule has 0 saturated carbocycles. The summed E-state index contributed by atoms with van der Waals surface area (Å²) in [5.41, 5.74) is 0. The van der Waals surface area contributed by atoms with Crippen molar-refractivity contribution in [3.05, 3.63) is 0 Å². The quantitative estimate of drug-likeness (QED) is 0.407. The van der Waals surface area contributed by atoms with Gasteiger partial charge >= 0.3 is 0 Å². The van der Waals surface area contributed by atoms with Crippen molar-refractivity contribution in [2.75, 3.05) is 19.7 Å². The van der Waals surface area contributed by atoms with Gasteiger partial charge in [-0.25, -0.2) is 5.01 Å². The molecule has 0 aliphatic carbocycles. The molecule has 3 N–H and O–H groups in total. The zero-order valence-electron chi connectivity index (χ0n) is 6.01. The van der Waals surface area contributed by atoms with Gasteiger partial charge < -0.3 is 5.11 Å². The van der Waals surface area contributed by atoms with Crippen molar-refractivity contribution in [2.45, 2.75) is 19.8 Å². The molecule has 0 bridgehead atoms. The molecule has 0 amide bonds. The Morgan fingerprint density at radius 3 is 2.56 bits per heavy atom. The lowest BCUT2D eigenvalue weighted by atomic mass is 10.3. The van der Waals surface area contributed by atoms with Crippen molar-refractivity contribution in [3.63, 3.8) is 0 Å². The monoisotopic (exact) mass is 132 g/mol. The highest BCUT2D eigenvalue weighted by molar-refractivity contribution is 4.45. The van der Waals surface area contributed by atoms with Crippen LogP contribution in [0.4, 0.5) is 0 Å². The lowest BCUT2D eigenvalue weighted by Crippen LogP contribution is -2.34. The van der Waals surface area contributed by atoms with E-state index < -0.39 is 0 Å². The fraction of sp³-hybridized carbons (Fsp3) is 1.00. The molecule has 0 saturated heterocycles. The van der Waals surface area contributed by atoms with Crippen molar-refractivity contribution in [1.29, 1.82) is 0 Å². The molecular weight excluding hydrogens is 116 g/mol. The minimum atomic E-state index is 0.153. The second kappa shape index (κ2) is 6.01. The van der Waals surface area contributed by atoms with E-state index in [0.717, 1.165) is 19.4 Å². The molecule has 56 valence electrons. The topological polar surface area (TPSA) is 49.5 Å². The molecule has 3 heteroatoms. The molecule has 0 heterocycles. The van der Waals surface area contributed by atoms with E-state index in [1.54, 1.807) is 5.01 Å². The van der Waals surface area contributed by atoms with Crippen LogP contribution in [0.3, 0.4) is 0 Å². The summed E-state index contributed by atoms with van der Waals surface area (Å²) in [7, 11) is 0. The average Bonchev–Trinajstić information content (AvgIpc) is 1.85. The zero-order chi connectivity index (χ0) is 7.11. The first-order valence-corrected chi connectivity index (χ1v) is 3.41. The molecule has 9 heavy (non-hydrogen) atoms. The van der Waals surface area contributed by atoms with Gasteiger partial charge in [-0.1, -0.05) is 13.3 Å². The molecule has 3 nitrogen and oxygen atoms in total. The van der Waals surface area contributed by atoms with E-state index >= 15 is 0 Å². The minimum Gasteiger partial charge on any atom is -0.395 e. The van der Waals surface area contributed by atoms with E-state index in [4.69, 9.17) is 10.9 Å². The number of hydrogen-bond acceptors (Lipinski definition) is 3. The van der Waals surface area contributed by atoms with Crippen LogP contribution in [0.25, 0.3) is 0 Å². The van der Waals surface area contributed by atoms with E-state index in [-0.39, 0.29) is 6.61 Å². The smallest absolute Gasteiger partial charge is 0.0572 e. The van der Waals surface area contributed by atoms with E-state index in [9.17, 15) is 0 Å². The first-order chi connectivity index (χ1) is 4.31. The number of aliphatic hydroxyl groups is 1. The summed E-state index contributed by atoms with van der Waals surface area (Å²) in [5, 5.41) is 10.1. The molecule has 0 aromatic heterocycles. The SMILES string of the molecule is CCCCN(N)CCO. The van der Waals surface area contributed by atoms with Gasteiger partial charge in [-0.15, -0.1) is 0 Å². The Labute approximate surface area is 56.4 Å². The maximum Gasteiger partial charge on any atom is 0.0572 e. The van der Waals surface area contributed by atoms with Crippen LogP contribution in [0.15, 0.2) is 0 Å². The Kier molecular flexibility index (Phi) is 5.93. The fourth-order valence-corrected chi connectivity index (χ4v) is 0.601. The molecule has 0 unspecified atom stereocenters. The molecule has 0 aromatic rings. The molecule has 0 spiro atoms. The standard InChI is InChI=1S/C6H16N2O/c1-2-3-4-8(7)5-6-9/h9H,2-7H2,1H3. The number of hydrazine groups is 1. The molecule has 0 fully saturated rings. The summed E-state index contributed by atoms with van der Waals surface area (Å²) >= 11 is 0. The van der Waals surface area contributed by atoms with Crippen molar-refractivity contribution in [1.82, 2.24) is 5.01 Å². The first-order valence-electron chi connectivity index (χ1n) is 3.41. The summed E-state index contributed by atoms with van der Waals surface area (Å²) in [6.45, 7) is 3.74. The normalized spacial score (nSPS) is 10.7. The van der Waals surface area contributed by atoms with Crippen molar-refractivity contribution in [3.8, 4) is 0 Å². The van der Waals surface area contributed by atoms with Crippen LogP contribution in [0, 0.1) is 0 Å². The molecular formula is C6H16N2O. The summed E-state index contributed by atoms with van der Waals surface area (Å²) in [5.74, 6) is 5.44. The van der Waals surface area contributed by atoms with E-state index in [1.165, 1.54) is 0 Å². The Morgan fingerprint density at radius 2 is 2.11 bits per heavy atom. The lowest BCUT2D eigenvalue weighted by molar-refractivity contribution is 0.197. The van der Waals surface area contributed by atoms with Gasteiger partial charge in [0, 0.05) is 13.1 Å². The van der Waals surface area contributed by atoms with Gasteiger partial charge in [0.2, 0.25) is 0 Å². The summed E-state index contributed by atoms with van der Waals surface area (Å²) in [6.07, 6.45) is 2.26.